The van der Waals surface area contributed by atoms with Gasteiger partial charge in [0, 0.05) is 18.0 Å². The third-order valence-corrected chi connectivity index (χ3v) is 5.34. The first-order valence-electron chi connectivity index (χ1n) is 9.93. The number of nitrogens with zero attached hydrogens (tertiary/aromatic N) is 1. The fourth-order valence-corrected chi connectivity index (χ4v) is 3.69. The normalized spacial score (nSPS) is 16.7. The smallest absolute Gasteiger partial charge is 0.416 e. The molecule has 1 unspecified atom stereocenters. The van der Waals surface area contributed by atoms with E-state index in [-0.39, 0.29) is 30.8 Å². The Balaban J connectivity index is 2.01. The Kier molecular flexibility index (Phi) is 7.00. The molecular formula is C24H20F5NO3. The van der Waals surface area contributed by atoms with Gasteiger partial charge in [-0.2, -0.15) is 13.2 Å². The second-order valence-electron chi connectivity index (χ2n) is 7.49. The molecule has 4 nitrogen and oxygen atoms in total. The Morgan fingerprint density at radius 3 is 2.39 bits per heavy atom. The topological polar surface area (TPSA) is 46.6 Å². The van der Waals surface area contributed by atoms with E-state index in [0.717, 1.165) is 24.3 Å². The second-order valence-corrected chi connectivity index (χ2v) is 7.49. The van der Waals surface area contributed by atoms with Crippen LogP contribution < -0.4 is 0 Å². The number of carbonyl (C=O) groups is 2. The third-order valence-electron chi connectivity index (χ3n) is 5.34. The molecule has 9 heteroatoms. The zero-order valence-electron chi connectivity index (χ0n) is 17.6. The van der Waals surface area contributed by atoms with Crippen LogP contribution in [0.4, 0.5) is 22.0 Å². The van der Waals surface area contributed by atoms with E-state index in [1.165, 1.54) is 36.1 Å². The van der Waals surface area contributed by atoms with Gasteiger partial charge < -0.3 is 9.64 Å². The highest BCUT2D eigenvalue weighted by Crippen LogP contribution is 2.39. The number of rotatable bonds is 6. The summed E-state index contributed by atoms with van der Waals surface area (Å²) in [4.78, 5) is 27.0. The van der Waals surface area contributed by atoms with Crippen molar-refractivity contribution in [2.45, 2.75) is 32.0 Å². The molecule has 1 aliphatic heterocycles. The van der Waals surface area contributed by atoms with Crippen LogP contribution in [0.2, 0.25) is 0 Å². The SMILES string of the molecule is C=CCOC(=O)C1=C(C)N(Cc2ccc(F)c(F)c2)C(=O)CC1c1ccc(C(F)(F)F)cc1. The summed E-state index contributed by atoms with van der Waals surface area (Å²) in [6, 6.07) is 7.41. The molecular weight excluding hydrogens is 445 g/mol. The predicted molar refractivity (Wildman–Crippen MR) is 110 cm³/mol. The van der Waals surface area contributed by atoms with Gasteiger partial charge in [0.25, 0.3) is 0 Å². The van der Waals surface area contributed by atoms with Gasteiger partial charge >= 0.3 is 12.1 Å². The molecule has 1 amide bonds. The van der Waals surface area contributed by atoms with Gasteiger partial charge in [-0.3, -0.25) is 4.79 Å². The molecule has 0 saturated heterocycles. The van der Waals surface area contributed by atoms with E-state index in [9.17, 15) is 31.5 Å². The van der Waals surface area contributed by atoms with Gasteiger partial charge in [-0.25, -0.2) is 13.6 Å². The van der Waals surface area contributed by atoms with Crippen molar-refractivity contribution in [1.29, 1.82) is 0 Å². The predicted octanol–water partition coefficient (Wildman–Crippen LogP) is 5.50. The average molecular weight is 465 g/mol. The molecule has 174 valence electrons. The molecule has 0 spiro atoms. The molecule has 0 bridgehead atoms. The Labute approximate surface area is 187 Å². The van der Waals surface area contributed by atoms with Gasteiger partial charge in [-0.1, -0.05) is 30.9 Å². The van der Waals surface area contributed by atoms with Gasteiger partial charge in [-0.05, 0) is 42.3 Å². The number of esters is 1. The van der Waals surface area contributed by atoms with Crippen molar-refractivity contribution >= 4 is 11.9 Å². The maximum absolute atomic E-state index is 13.6. The number of amides is 1. The van der Waals surface area contributed by atoms with Crippen molar-refractivity contribution in [1.82, 2.24) is 4.90 Å². The van der Waals surface area contributed by atoms with Gasteiger partial charge in [0.1, 0.15) is 6.61 Å². The lowest BCUT2D eigenvalue weighted by molar-refractivity contribution is -0.140. The quantitative estimate of drug-likeness (QED) is 0.322. The zero-order valence-corrected chi connectivity index (χ0v) is 17.6. The number of hydrogen-bond donors (Lipinski definition) is 0. The fraction of sp³-hybridized carbons (Fsp3) is 0.250. The van der Waals surface area contributed by atoms with Crippen molar-refractivity contribution in [3.63, 3.8) is 0 Å². The maximum Gasteiger partial charge on any atom is 0.416 e. The number of alkyl halides is 3. The van der Waals surface area contributed by atoms with E-state index in [1.807, 2.05) is 0 Å². The molecule has 33 heavy (non-hydrogen) atoms. The van der Waals surface area contributed by atoms with E-state index in [1.54, 1.807) is 0 Å². The van der Waals surface area contributed by atoms with E-state index in [0.29, 0.717) is 11.1 Å². The summed E-state index contributed by atoms with van der Waals surface area (Å²) in [5.41, 5.74) is 0.0979. The molecule has 0 radical (unpaired) electrons. The monoisotopic (exact) mass is 465 g/mol. The summed E-state index contributed by atoms with van der Waals surface area (Å²) in [5, 5.41) is 0. The maximum atomic E-state index is 13.6. The molecule has 0 N–H and O–H groups in total. The van der Waals surface area contributed by atoms with Crippen LogP contribution in [-0.2, 0) is 27.0 Å². The lowest BCUT2D eigenvalue weighted by Crippen LogP contribution is -2.38. The van der Waals surface area contributed by atoms with Crippen molar-refractivity contribution in [2.75, 3.05) is 6.61 Å². The Morgan fingerprint density at radius 2 is 1.82 bits per heavy atom. The van der Waals surface area contributed by atoms with Crippen molar-refractivity contribution in [3.05, 3.63) is 94.7 Å². The summed E-state index contributed by atoms with van der Waals surface area (Å²) in [6.45, 7) is 4.74. The molecule has 1 aliphatic rings. The Morgan fingerprint density at radius 1 is 1.15 bits per heavy atom. The van der Waals surface area contributed by atoms with Crippen LogP contribution in [-0.4, -0.2) is 23.4 Å². The molecule has 1 atom stereocenters. The number of halogens is 5. The summed E-state index contributed by atoms with van der Waals surface area (Å²) in [5.74, 6) is -4.13. The molecule has 0 aromatic heterocycles. The first kappa shape index (κ1) is 24.2. The van der Waals surface area contributed by atoms with E-state index >= 15 is 0 Å². The first-order chi connectivity index (χ1) is 15.5. The lowest BCUT2D eigenvalue weighted by atomic mass is 9.83. The molecule has 2 aromatic carbocycles. The van der Waals surface area contributed by atoms with E-state index < -0.39 is 41.2 Å². The van der Waals surface area contributed by atoms with E-state index in [2.05, 4.69) is 6.58 Å². The average Bonchev–Trinajstić information content (AvgIpc) is 2.76. The van der Waals surface area contributed by atoms with Crippen molar-refractivity contribution in [2.24, 2.45) is 0 Å². The molecule has 3 rings (SSSR count). The molecule has 2 aromatic rings. The second kappa shape index (κ2) is 9.56. The number of ether oxygens (including phenoxy) is 1. The van der Waals surface area contributed by atoms with Crippen LogP contribution in [0.25, 0.3) is 0 Å². The highest BCUT2D eigenvalue weighted by Gasteiger charge is 2.37. The molecule has 0 saturated carbocycles. The Bertz CT molecular complexity index is 1110. The minimum absolute atomic E-state index is 0.0961. The molecule has 0 aliphatic carbocycles. The Hall–Kier alpha value is -3.49. The largest absolute Gasteiger partial charge is 0.458 e. The fourth-order valence-electron chi connectivity index (χ4n) is 3.69. The van der Waals surface area contributed by atoms with Crippen molar-refractivity contribution < 1.29 is 36.3 Å². The van der Waals surface area contributed by atoms with Crippen LogP contribution in [0.15, 0.2) is 66.4 Å². The summed E-state index contributed by atoms with van der Waals surface area (Å²) >= 11 is 0. The highest BCUT2D eigenvalue weighted by atomic mass is 19.4. The summed E-state index contributed by atoms with van der Waals surface area (Å²) in [7, 11) is 0. The summed E-state index contributed by atoms with van der Waals surface area (Å²) < 4.78 is 70.8. The number of carbonyl (C=O) groups excluding carboxylic acids is 2. The minimum atomic E-state index is -4.53. The lowest BCUT2D eigenvalue weighted by Gasteiger charge is -2.34. The van der Waals surface area contributed by atoms with Crippen LogP contribution in [0.3, 0.4) is 0 Å². The van der Waals surface area contributed by atoms with Crippen LogP contribution in [0.1, 0.15) is 36.0 Å². The minimum Gasteiger partial charge on any atom is -0.458 e. The van der Waals surface area contributed by atoms with Gasteiger partial charge in [-0.15, -0.1) is 0 Å². The van der Waals surface area contributed by atoms with Gasteiger partial charge in [0.05, 0.1) is 17.7 Å². The van der Waals surface area contributed by atoms with Crippen LogP contribution in [0, 0.1) is 11.6 Å². The summed E-state index contributed by atoms with van der Waals surface area (Å²) in [6.07, 6.45) is -3.39. The standard InChI is InChI=1S/C24H20F5NO3/c1-3-10-33-23(32)22-14(2)30(13-15-4-9-19(25)20(26)11-15)21(31)12-18(22)16-5-7-17(8-6-16)24(27,28)29/h3-9,11,18H,1,10,12-13H2,2H3. The van der Waals surface area contributed by atoms with Gasteiger partial charge in [0.15, 0.2) is 11.6 Å². The molecule has 1 heterocycles. The number of allylic oxidation sites excluding steroid dienone is 1. The highest BCUT2D eigenvalue weighted by molar-refractivity contribution is 5.95. The first-order valence-corrected chi connectivity index (χ1v) is 9.93. The van der Waals surface area contributed by atoms with Crippen LogP contribution >= 0.6 is 0 Å². The van der Waals surface area contributed by atoms with Gasteiger partial charge in [0.2, 0.25) is 5.91 Å². The van der Waals surface area contributed by atoms with Crippen molar-refractivity contribution in [3.8, 4) is 0 Å². The number of benzene rings is 2. The van der Waals surface area contributed by atoms with E-state index in [4.69, 9.17) is 4.74 Å². The van der Waals surface area contributed by atoms with Crippen LogP contribution in [0.5, 0.6) is 0 Å². The number of hydrogen-bond acceptors (Lipinski definition) is 3. The zero-order chi connectivity index (χ0) is 24.3. The third kappa shape index (κ3) is 5.30. The molecule has 0 fully saturated rings.